The maximum absolute atomic E-state index is 5.72. The standard InChI is InChI=1S/C13H10N6/c14-13-18-10(9-5-2-1-3-6-9)17-12(19-13)11-15-7-4-8-16-11/h1-8H,(H2,14,17,18,19). The Morgan fingerprint density at radius 3 is 2.11 bits per heavy atom. The highest BCUT2D eigenvalue weighted by Gasteiger charge is 2.09. The lowest BCUT2D eigenvalue weighted by molar-refractivity contribution is 1.03. The van der Waals surface area contributed by atoms with Gasteiger partial charge in [-0.1, -0.05) is 30.3 Å². The average molecular weight is 250 g/mol. The van der Waals surface area contributed by atoms with Crippen molar-refractivity contribution in [2.75, 3.05) is 5.73 Å². The Hall–Kier alpha value is -2.89. The minimum Gasteiger partial charge on any atom is -0.368 e. The Kier molecular flexibility index (Phi) is 2.82. The zero-order chi connectivity index (χ0) is 13.1. The Morgan fingerprint density at radius 2 is 1.37 bits per heavy atom. The number of nitrogens with zero attached hydrogens (tertiary/aromatic N) is 5. The summed E-state index contributed by atoms with van der Waals surface area (Å²) in [5.41, 5.74) is 6.59. The van der Waals surface area contributed by atoms with Crippen molar-refractivity contribution in [3.8, 4) is 23.0 Å². The first-order valence-electron chi connectivity index (χ1n) is 5.67. The fourth-order valence-electron chi connectivity index (χ4n) is 1.62. The van der Waals surface area contributed by atoms with Gasteiger partial charge in [-0.2, -0.15) is 9.97 Å². The van der Waals surface area contributed by atoms with Crippen LogP contribution in [0.4, 0.5) is 5.95 Å². The van der Waals surface area contributed by atoms with E-state index in [2.05, 4.69) is 24.9 Å². The van der Waals surface area contributed by atoms with Crippen LogP contribution in [0.2, 0.25) is 0 Å². The van der Waals surface area contributed by atoms with Crippen molar-refractivity contribution in [3.63, 3.8) is 0 Å². The second-order valence-electron chi connectivity index (χ2n) is 3.78. The number of rotatable bonds is 2. The van der Waals surface area contributed by atoms with Gasteiger partial charge >= 0.3 is 0 Å². The highest BCUT2D eigenvalue weighted by atomic mass is 15.1. The Labute approximate surface area is 109 Å². The number of nitrogens with two attached hydrogens (primary N) is 1. The van der Waals surface area contributed by atoms with Crippen molar-refractivity contribution in [2.45, 2.75) is 0 Å². The van der Waals surface area contributed by atoms with Crippen LogP contribution in [-0.2, 0) is 0 Å². The van der Waals surface area contributed by atoms with Crippen LogP contribution in [-0.4, -0.2) is 24.9 Å². The minimum atomic E-state index is 0.149. The maximum atomic E-state index is 5.72. The second-order valence-corrected chi connectivity index (χ2v) is 3.78. The fraction of sp³-hybridized carbons (Fsp3) is 0. The normalized spacial score (nSPS) is 10.3. The van der Waals surface area contributed by atoms with Crippen molar-refractivity contribution >= 4 is 5.95 Å². The SMILES string of the molecule is Nc1nc(-c2ccccc2)nc(-c2ncccn2)n1. The molecular weight excluding hydrogens is 240 g/mol. The first kappa shape index (κ1) is 11.2. The molecule has 2 heterocycles. The molecule has 3 rings (SSSR count). The molecule has 6 heteroatoms. The third-order valence-electron chi connectivity index (χ3n) is 2.45. The Balaban J connectivity index is 2.12. The third kappa shape index (κ3) is 2.37. The molecule has 0 radical (unpaired) electrons. The molecule has 0 unspecified atom stereocenters. The molecule has 0 bridgehead atoms. The van der Waals surface area contributed by atoms with Gasteiger partial charge in [0.25, 0.3) is 0 Å². The number of hydrogen-bond donors (Lipinski definition) is 1. The lowest BCUT2D eigenvalue weighted by atomic mass is 10.2. The molecular formula is C13H10N6. The summed E-state index contributed by atoms with van der Waals surface area (Å²) in [7, 11) is 0. The van der Waals surface area contributed by atoms with Gasteiger partial charge < -0.3 is 5.73 Å². The predicted molar refractivity (Wildman–Crippen MR) is 70.7 cm³/mol. The second kappa shape index (κ2) is 4.77. The predicted octanol–water partition coefficient (Wildman–Crippen LogP) is 1.58. The van der Waals surface area contributed by atoms with E-state index in [0.717, 1.165) is 5.56 Å². The molecule has 0 fully saturated rings. The van der Waals surface area contributed by atoms with Gasteiger partial charge in [-0.3, -0.25) is 0 Å². The van der Waals surface area contributed by atoms with Crippen molar-refractivity contribution in [2.24, 2.45) is 0 Å². The highest BCUT2D eigenvalue weighted by molar-refractivity contribution is 5.58. The van der Waals surface area contributed by atoms with E-state index >= 15 is 0 Å². The summed E-state index contributed by atoms with van der Waals surface area (Å²) in [6.45, 7) is 0. The van der Waals surface area contributed by atoms with Crippen molar-refractivity contribution in [3.05, 3.63) is 48.8 Å². The van der Waals surface area contributed by atoms with Gasteiger partial charge in [0.15, 0.2) is 11.6 Å². The van der Waals surface area contributed by atoms with Crippen LogP contribution in [0, 0.1) is 0 Å². The van der Waals surface area contributed by atoms with Gasteiger partial charge in [-0.15, -0.1) is 0 Å². The summed E-state index contributed by atoms with van der Waals surface area (Å²) in [6, 6.07) is 11.3. The molecule has 0 aliphatic carbocycles. The smallest absolute Gasteiger partial charge is 0.224 e. The lowest BCUT2D eigenvalue weighted by Crippen LogP contribution is -2.03. The molecule has 19 heavy (non-hydrogen) atoms. The molecule has 0 amide bonds. The minimum absolute atomic E-state index is 0.149. The van der Waals surface area contributed by atoms with E-state index in [1.807, 2.05) is 30.3 Å². The Morgan fingerprint density at radius 1 is 0.684 bits per heavy atom. The van der Waals surface area contributed by atoms with Crippen LogP contribution in [0.15, 0.2) is 48.8 Å². The number of nitrogen functional groups attached to an aromatic ring is 1. The van der Waals surface area contributed by atoms with Crippen LogP contribution in [0.1, 0.15) is 0 Å². The molecule has 0 aliphatic heterocycles. The average Bonchev–Trinajstić information content (AvgIpc) is 2.48. The third-order valence-corrected chi connectivity index (χ3v) is 2.45. The quantitative estimate of drug-likeness (QED) is 0.742. The topological polar surface area (TPSA) is 90.5 Å². The number of aromatic nitrogens is 5. The Bertz CT molecular complexity index is 626. The van der Waals surface area contributed by atoms with E-state index in [9.17, 15) is 0 Å². The summed E-state index contributed by atoms with van der Waals surface area (Å²) < 4.78 is 0. The maximum Gasteiger partial charge on any atom is 0.224 e. The van der Waals surface area contributed by atoms with Crippen molar-refractivity contribution < 1.29 is 0 Å². The van der Waals surface area contributed by atoms with E-state index in [4.69, 9.17) is 5.73 Å². The summed E-state index contributed by atoms with van der Waals surface area (Å²) in [6.07, 6.45) is 3.26. The van der Waals surface area contributed by atoms with E-state index < -0.39 is 0 Å². The molecule has 1 aromatic carbocycles. The molecule has 0 saturated heterocycles. The van der Waals surface area contributed by atoms with E-state index in [1.54, 1.807) is 18.5 Å². The largest absolute Gasteiger partial charge is 0.368 e. The van der Waals surface area contributed by atoms with E-state index in [0.29, 0.717) is 17.5 Å². The first-order chi connectivity index (χ1) is 9.33. The van der Waals surface area contributed by atoms with Gasteiger partial charge in [0.1, 0.15) is 0 Å². The number of hydrogen-bond acceptors (Lipinski definition) is 6. The van der Waals surface area contributed by atoms with Crippen molar-refractivity contribution in [1.29, 1.82) is 0 Å². The van der Waals surface area contributed by atoms with Gasteiger partial charge in [0.05, 0.1) is 0 Å². The molecule has 2 aromatic heterocycles. The summed E-state index contributed by atoms with van der Waals surface area (Å²) in [5, 5.41) is 0. The zero-order valence-electron chi connectivity index (χ0n) is 9.93. The van der Waals surface area contributed by atoms with E-state index in [1.165, 1.54) is 0 Å². The van der Waals surface area contributed by atoms with Gasteiger partial charge in [-0.05, 0) is 6.07 Å². The van der Waals surface area contributed by atoms with Crippen LogP contribution >= 0.6 is 0 Å². The van der Waals surface area contributed by atoms with E-state index in [-0.39, 0.29) is 5.95 Å². The van der Waals surface area contributed by atoms with Crippen molar-refractivity contribution in [1.82, 2.24) is 24.9 Å². The van der Waals surface area contributed by atoms with Gasteiger partial charge in [-0.25, -0.2) is 15.0 Å². The molecule has 2 N–H and O–H groups in total. The lowest BCUT2D eigenvalue weighted by Gasteiger charge is -2.03. The highest BCUT2D eigenvalue weighted by Crippen LogP contribution is 2.17. The van der Waals surface area contributed by atoms with Crippen LogP contribution in [0.5, 0.6) is 0 Å². The molecule has 0 spiro atoms. The van der Waals surface area contributed by atoms with Gasteiger partial charge in [0.2, 0.25) is 11.8 Å². The van der Waals surface area contributed by atoms with Crippen LogP contribution in [0.3, 0.4) is 0 Å². The van der Waals surface area contributed by atoms with Crippen LogP contribution < -0.4 is 5.73 Å². The molecule has 0 aliphatic rings. The summed E-state index contributed by atoms with van der Waals surface area (Å²) in [4.78, 5) is 20.7. The number of anilines is 1. The van der Waals surface area contributed by atoms with Gasteiger partial charge in [0, 0.05) is 18.0 Å². The molecule has 6 nitrogen and oxygen atoms in total. The first-order valence-corrected chi connectivity index (χ1v) is 5.67. The molecule has 3 aromatic rings. The fourth-order valence-corrected chi connectivity index (χ4v) is 1.62. The molecule has 0 atom stereocenters. The molecule has 0 saturated carbocycles. The summed E-state index contributed by atoms with van der Waals surface area (Å²) in [5.74, 6) is 1.45. The number of benzene rings is 1. The molecule has 92 valence electrons. The monoisotopic (exact) mass is 250 g/mol. The van der Waals surface area contributed by atoms with Crippen LogP contribution in [0.25, 0.3) is 23.0 Å². The zero-order valence-corrected chi connectivity index (χ0v) is 9.93. The summed E-state index contributed by atoms with van der Waals surface area (Å²) >= 11 is 0.